The molecule has 0 radical (unpaired) electrons. The molecule has 0 fully saturated rings. The van der Waals surface area contributed by atoms with Crippen molar-refractivity contribution in [1.29, 1.82) is 0 Å². The van der Waals surface area contributed by atoms with Gasteiger partial charge in [0, 0.05) is 28.5 Å². The van der Waals surface area contributed by atoms with Gasteiger partial charge >= 0.3 is 0 Å². The summed E-state index contributed by atoms with van der Waals surface area (Å²) >= 11 is 3.40. The second-order valence-corrected chi connectivity index (χ2v) is 5.42. The number of nitrogens with zero attached hydrogens (tertiary/aromatic N) is 1. The molecule has 1 aromatic heterocycles. The standard InChI is InChI=1S/C15H15BrN2O/c1-10-5-13(7-14(16)6-10)15(19)18-9-12-4-3-11(2)17-8-12/h3-8H,9H2,1-2H3,(H,18,19). The minimum atomic E-state index is -0.0787. The molecule has 3 nitrogen and oxygen atoms in total. The first-order valence-electron chi connectivity index (χ1n) is 6.01. The normalized spacial score (nSPS) is 10.3. The molecule has 0 aliphatic heterocycles. The maximum Gasteiger partial charge on any atom is 0.251 e. The topological polar surface area (TPSA) is 42.0 Å². The van der Waals surface area contributed by atoms with Crippen LogP contribution in [0.2, 0.25) is 0 Å². The van der Waals surface area contributed by atoms with E-state index in [0.717, 1.165) is 21.3 Å². The van der Waals surface area contributed by atoms with Crippen molar-refractivity contribution in [1.82, 2.24) is 10.3 Å². The van der Waals surface area contributed by atoms with Crippen LogP contribution in [0.1, 0.15) is 27.2 Å². The number of hydrogen-bond acceptors (Lipinski definition) is 2. The molecule has 0 aliphatic rings. The van der Waals surface area contributed by atoms with Crippen molar-refractivity contribution in [3.63, 3.8) is 0 Å². The maximum atomic E-state index is 12.0. The number of nitrogens with one attached hydrogen (secondary N) is 1. The minimum Gasteiger partial charge on any atom is -0.348 e. The summed E-state index contributed by atoms with van der Waals surface area (Å²) in [6.07, 6.45) is 1.78. The van der Waals surface area contributed by atoms with Crippen LogP contribution in [-0.4, -0.2) is 10.9 Å². The lowest BCUT2D eigenvalue weighted by molar-refractivity contribution is 0.0950. The fourth-order valence-corrected chi connectivity index (χ4v) is 2.36. The smallest absolute Gasteiger partial charge is 0.251 e. The highest BCUT2D eigenvalue weighted by atomic mass is 79.9. The first-order valence-corrected chi connectivity index (χ1v) is 6.81. The molecule has 98 valence electrons. The number of hydrogen-bond donors (Lipinski definition) is 1. The van der Waals surface area contributed by atoms with Crippen molar-refractivity contribution in [2.75, 3.05) is 0 Å². The fraction of sp³-hybridized carbons (Fsp3) is 0.200. The molecule has 0 bridgehead atoms. The summed E-state index contributed by atoms with van der Waals surface area (Å²) in [7, 11) is 0. The summed E-state index contributed by atoms with van der Waals surface area (Å²) in [6, 6.07) is 9.56. The fourth-order valence-electron chi connectivity index (χ4n) is 1.75. The predicted molar refractivity (Wildman–Crippen MR) is 79.0 cm³/mol. The number of rotatable bonds is 3. The number of carbonyl (C=O) groups is 1. The van der Waals surface area contributed by atoms with E-state index in [2.05, 4.69) is 26.2 Å². The van der Waals surface area contributed by atoms with Crippen molar-refractivity contribution in [2.45, 2.75) is 20.4 Å². The zero-order chi connectivity index (χ0) is 13.8. The molecule has 1 amide bonds. The van der Waals surface area contributed by atoms with Gasteiger partial charge in [-0.2, -0.15) is 0 Å². The Morgan fingerprint density at radius 2 is 2.05 bits per heavy atom. The zero-order valence-corrected chi connectivity index (χ0v) is 12.5. The van der Waals surface area contributed by atoms with Crippen LogP contribution in [0.5, 0.6) is 0 Å². The number of halogens is 1. The third-order valence-corrected chi connectivity index (χ3v) is 3.19. The molecule has 0 aliphatic carbocycles. The molecule has 0 unspecified atom stereocenters. The molecule has 1 heterocycles. The van der Waals surface area contributed by atoms with Crippen LogP contribution in [0.3, 0.4) is 0 Å². The average molecular weight is 319 g/mol. The van der Waals surface area contributed by atoms with E-state index in [-0.39, 0.29) is 5.91 Å². The quantitative estimate of drug-likeness (QED) is 0.942. The SMILES string of the molecule is Cc1cc(Br)cc(C(=O)NCc2ccc(C)nc2)c1. The Morgan fingerprint density at radius 3 is 2.68 bits per heavy atom. The van der Waals surface area contributed by atoms with Gasteiger partial charge < -0.3 is 5.32 Å². The minimum absolute atomic E-state index is 0.0787. The third kappa shape index (κ3) is 3.89. The molecule has 2 aromatic rings. The van der Waals surface area contributed by atoms with Gasteiger partial charge in [-0.05, 0) is 49.2 Å². The van der Waals surface area contributed by atoms with Gasteiger partial charge in [0.05, 0.1) is 0 Å². The van der Waals surface area contributed by atoms with Crippen LogP contribution < -0.4 is 5.32 Å². The van der Waals surface area contributed by atoms with Gasteiger partial charge in [-0.25, -0.2) is 0 Å². The molecule has 0 saturated heterocycles. The molecule has 1 N–H and O–H groups in total. The van der Waals surface area contributed by atoms with Crippen molar-refractivity contribution < 1.29 is 4.79 Å². The maximum absolute atomic E-state index is 12.0. The highest BCUT2D eigenvalue weighted by molar-refractivity contribution is 9.10. The monoisotopic (exact) mass is 318 g/mol. The third-order valence-electron chi connectivity index (χ3n) is 2.73. The largest absolute Gasteiger partial charge is 0.348 e. The predicted octanol–water partition coefficient (Wildman–Crippen LogP) is 3.39. The number of amides is 1. The lowest BCUT2D eigenvalue weighted by atomic mass is 10.1. The molecule has 0 saturated carbocycles. The molecule has 1 aromatic carbocycles. The van der Waals surface area contributed by atoms with Gasteiger partial charge in [0.15, 0.2) is 0 Å². The van der Waals surface area contributed by atoms with Crippen LogP contribution in [0, 0.1) is 13.8 Å². The highest BCUT2D eigenvalue weighted by Crippen LogP contribution is 2.15. The van der Waals surface area contributed by atoms with E-state index < -0.39 is 0 Å². The summed E-state index contributed by atoms with van der Waals surface area (Å²) in [5, 5.41) is 2.89. The summed E-state index contributed by atoms with van der Waals surface area (Å²) in [4.78, 5) is 16.2. The van der Waals surface area contributed by atoms with E-state index >= 15 is 0 Å². The highest BCUT2D eigenvalue weighted by Gasteiger charge is 2.06. The van der Waals surface area contributed by atoms with Gasteiger partial charge in [0.25, 0.3) is 5.91 Å². The molecule has 0 spiro atoms. The van der Waals surface area contributed by atoms with E-state index in [4.69, 9.17) is 0 Å². The van der Waals surface area contributed by atoms with Gasteiger partial charge in [-0.15, -0.1) is 0 Å². The number of benzene rings is 1. The van der Waals surface area contributed by atoms with Gasteiger partial charge in [0.2, 0.25) is 0 Å². The molecule has 2 rings (SSSR count). The van der Waals surface area contributed by atoms with E-state index in [9.17, 15) is 4.79 Å². The first kappa shape index (κ1) is 13.7. The van der Waals surface area contributed by atoms with Crippen molar-refractivity contribution in [3.05, 3.63) is 63.4 Å². The van der Waals surface area contributed by atoms with Crippen LogP contribution in [0.15, 0.2) is 41.0 Å². The molecule has 19 heavy (non-hydrogen) atoms. The summed E-state index contributed by atoms with van der Waals surface area (Å²) < 4.78 is 0.912. The van der Waals surface area contributed by atoms with Crippen LogP contribution in [0.25, 0.3) is 0 Å². The Kier molecular flexibility index (Phi) is 4.32. The number of carbonyl (C=O) groups excluding carboxylic acids is 1. The Labute approximate surface area is 121 Å². The van der Waals surface area contributed by atoms with E-state index in [0.29, 0.717) is 12.1 Å². The first-order chi connectivity index (χ1) is 9.04. The van der Waals surface area contributed by atoms with Crippen molar-refractivity contribution in [3.8, 4) is 0 Å². The van der Waals surface area contributed by atoms with Crippen LogP contribution in [0.4, 0.5) is 0 Å². The number of pyridine rings is 1. The molecular formula is C15H15BrN2O. The average Bonchev–Trinajstić information content (AvgIpc) is 2.36. The lowest BCUT2D eigenvalue weighted by Gasteiger charge is -2.07. The molecular weight excluding hydrogens is 304 g/mol. The Balaban J connectivity index is 2.03. The summed E-state index contributed by atoms with van der Waals surface area (Å²) in [6.45, 7) is 4.38. The Morgan fingerprint density at radius 1 is 1.26 bits per heavy atom. The lowest BCUT2D eigenvalue weighted by Crippen LogP contribution is -2.22. The summed E-state index contributed by atoms with van der Waals surface area (Å²) in [5.41, 5.74) is 3.67. The van der Waals surface area contributed by atoms with Crippen molar-refractivity contribution >= 4 is 21.8 Å². The Hall–Kier alpha value is -1.68. The zero-order valence-electron chi connectivity index (χ0n) is 10.9. The molecule has 4 heteroatoms. The van der Waals surface area contributed by atoms with Gasteiger partial charge in [0.1, 0.15) is 0 Å². The van der Waals surface area contributed by atoms with Crippen molar-refractivity contribution in [2.24, 2.45) is 0 Å². The van der Waals surface area contributed by atoms with Crippen LogP contribution in [-0.2, 0) is 6.54 Å². The molecule has 0 atom stereocenters. The second kappa shape index (κ2) is 5.97. The van der Waals surface area contributed by atoms with Gasteiger partial charge in [-0.3, -0.25) is 9.78 Å². The summed E-state index contributed by atoms with van der Waals surface area (Å²) in [5.74, 6) is -0.0787. The van der Waals surface area contributed by atoms with Gasteiger partial charge in [-0.1, -0.05) is 22.0 Å². The van der Waals surface area contributed by atoms with E-state index in [1.165, 1.54) is 0 Å². The second-order valence-electron chi connectivity index (χ2n) is 4.51. The van der Waals surface area contributed by atoms with Crippen LogP contribution >= 0.6 is 15.9 Å². The van der Waals surface area contributed by atoms with E-state index in [1.807, 2.05) is 44.2 Å². The Bertz CT molecular complexity index is 573. The number of aryl methyl sites for hydroxylation is 2. The number of aromatic nitrogens is 1. The van der Waals surface area contributed by atoms with E-state index in [1.54, 1.807) is 6.20 Å².